The van der Waals surface area contributed by atoms with Crippen LogP contribution < -0.4 is 15.6 Å². The van der Waals surface area contributed by atoms with Crippen molar-refractivity contribution in [3.63, 3.8) is 0 Å². The fraction of sp³-hybridized carbons (Fsp3) is 0.227. The van der Waals surface area contributed by atoms with Crippen LogP contribution in [0.3, 0.4) is 0 Å². The highest BCUT2D eigenvalue weighted by Gasteiger charge is 2.14. The molecule has 1 aromatic heterocycles. The second kappa shape index (κ2) is 9.39. The number of hydrogen-bond donors (Lipinski definition) is 1. The molecule has 0 saturated heterocycles. The number of nitrogens with one attached hydrogen (secondary N) is 1. The Morgan fingerprint density at radius 3 is 2.45 bits per heavy atom. The highest BCUT2D eigenvalue weighted by atomic mass is 35.5. The van der Waals surface area contributed by atoms with Crippen molar-refractivity contribution in [2.45, 2.75) is 26.3 Å². The number of ether oxygens (including phenoxy) is 1. The van der Waals surface area contributed by atoms with Gasteiger partial charge in [0.15, 0.2) is 0 Å². The van der Waals surface area contributed by atoms with Crippen LogP contribution in [-0.2, 0) is 17.8 Å². The quantitative estimate of drug-likeness (QED) is 0.633. The summed E-state index contributed by atoms with van der Waals surface area (Å²) in [5.74, 6) is 0.819. The Morgan fingerprint density at radius 1 is 1.14 bits per heavy atom. The van der Waals surface area contributed by atoms with Gasteiger partial charge in [0.05, 0.1) is 7.11 Å². The number of nitrogens with zero attached hydrogens (tertiary/aromatic N) is 2. The number of hydrogen-bond acceptors (Lipinski definition) is 4. The molecule has 6 nitrogen and oxygen atoms in total. The Morgan fingerprint density at radius 2 is 1.83 bits per heavy atom. The van der Waals surface area contributed by atoms with Crippen molar-refractivity contribution in [2.24, 2.45) is 0 Å². The van der Waals surface area contributed by atoms with Gasteiger partial charge >= 0.3 is 0 Å². The molecule has 0 aliphatic heterocycles. The van der Waals surface area contributed by atoms with E-state index in [1.807, 2.05) is 6.92 Å². The molecular formula is C22H22ClN3O3. The van der Waals surface area contributed by atoms with E-state index in [1.165, 1.54) is 10.6 Å². The first-order valence-corrected chi connectivity index (χ1v) is 9.68. The van der Waals surface area contributed by atoms with Crippen LogP contribution in [0.25, 0.3) is 11.4 Å². The number of methoxy groups -OCH3 is 1. The number of aromatic nitrogens is 2. The molecule has 1 amide bonds. The van der Waals surface area contributed by atoms with E-state index in [9.17, 15) is 9.59 Å². The standard InChI is InChI=1S/C22H22ClN3O3/c1-3-4-18-13-21(28)26(22(25-18)15-5-7-16(23)8-6-15)14-20(27)24-17-9-11-19(29-2)12-10-17/h5-13H,3-4,14H2,1-2H3,(H,24,27). The van der Waals surface area contributed by atoms with E-state index in [2.05, 4.69) is 10.3 Å². The number of rotatable bonds is 7. The molecule has 2 aromatic carbocycles. The smallest absolute Gasteiger partial charge is 0.254 e. The van der Waals surface area contributed by atoms with Crippen molar-refractivity contribution in [1.82, 2.24) is 9.55 Å². The number of amides is 1. The summed E-state index contributed by atoms with van der Waals surface area (Å²) in [5.41, 5.74) is 1.78. The van der Waals surface area contributed by atoms with E-state index in [0.29, 0.717) is 34.4 Å². The molecule has 3 aromatic rings. The van der Waals surface area contributed by atoms with Crippen LogP contribution in [0.15, 0.2) is 59.4 Å². The van der Waals surface area contributed by atoms with Crippen LogP contribution in [0.5, 0.6) is 5.75 Å². The van der Waals surface area contributed by atoms with Crippen molar-refractivity contribution in [1.29, 1.82) is 0 Å². The van der Waals surface area contributed by atoms with Gasteiger partial charge in [0, 0.05) is 28.0 Å². The first-order chi connectivity index (χ1) is 14.0. The van der Waals surface area contributed by atoms with Crippen molar-refractivity contribution in [3.8, 4) is 17.1 Å². The molecule has 0 fully saturated rings. The maximum Gasteiger partial charge on any atom is 0.254 e. The first kappa shape index (κ1) is 20.6. The average Bonchev–Trinajstić information content (AvgIpc) is 2.71. The number of carbonyl (C=O) groups is 1. The van der Waals surface area contributed by atoms with Crippen molar-refractivity contribution in [3.05, 3.63) is 75.7 Å². The lowest BCUT2D eigenvalue weighted by Crippen LogP contribution is -2.30. The molecule has 0 saturated carbocycles. The molecule has 3 rings (SSSR count). The molecule has 1 heterocycles. The first-order valence-electron chi connectivity index (χ1n) is 9.30. The summed E-state index contributed by atoms with van der Waals surface area (Å²) in [6.45, 7) is 1.87. The van der Waals surface area contributed by atoms with E-state index < -0.39 is 0 Å². The lowest BCUT2D eigenvalue weighted by atomic mass is 10.2. The number of carbonyl (C=O) groups excluding carboxylic acids is 1. The van der Waals surface area contributed by atoms with Crippen molar-refractivity contribution >= 4 is 23.2 Å². The van der Waals surface area contributed by atoms with Gasteiger partial charge in [0.25, 0.3) is 5.56 Å². The number of anilines is 1. The molecule has 0 radical (unpaired) electrons. The van der Waals surface area contributed by atoms with Gasteiger partial charge in [0.2, 0.25) is 5.91 Å². The van der Waals surface area contributed by atoms with E-state index >= 15 is 0 Å². The third-order valence-corrected chi connectivity index (χ3v) is 4.60. The SMILES string of the molecule is CCCc1cc(=O)n(CC(=O)Nc2ccc(OC)cc2)c(-c2ccc(Cl)cc2)n1. The van der Waals surface area contributed by atoms with Crippen molar-refractivity contribution in [2.75, 3.05) is 12.4 Å². The van der Waals surface area contributed by atoms with E-state index in [-0.39, 0.29) is 18.0 Å². The van der Waals surface area contributed by atoms with Gasteiger partial charge in [-0.15, -0.1) is 0 Å². The zero-order valence-corrected chi connectivity index (χ0v) is 17.1. The van der Waals surface area contributed by atoms with Gasteiger partial charge in [0.1, 0.15) is 18.1 Å². The van der Waals surface area contributed by atoms with Gasteiger partial charge in [-0.2, -0.15) is 0 Å². The van der Waals surface area contributed by atoms with Gasteiger partial charge in [-0.25, -0.2) is 4.98 Å². The predicted octanol–water partition coefficient (Wildman–Crippen LogP) is 4.16. The number of benzene rings is 2. The number of aryl methyl sites for hydroxylation is 1. The zero-order chi connectivity index (χ0) is 20.8. The lowest BCUT2D eigenvalue weighted by molar-refractivity contribution is -0.116. The molecule has 7 heteroatoms. The maximum atomic E-state index is 12.7. The third kappa shape index (κ3) is 5.23. The van der Waals surface area contributed by atoms with Crippen molar-refractivity contribution < 1.29 is 9.53 Å². The van der Waals surface area contributed by atoms with E-state index in [4.69, 9.17) is 16.3 Å². The second-order valence-electron chi connectivity index (χ2n) is 6.53. The van der Waals surface area contributed by atoms with E-state index in [1.54, 1.807) is 55.6 Å². The van der Waals surface area contributed by atoms with Gasteiger partial charge in [-0.3, -0.25) is 14.2 Å². The summed E-state index contributed by atoms with van der Waals surface area (Å²) >= 11 is 5.99. The topological polar surface area (TPSA) is 73.2 Å². The van der Waals surface area contributed by atoms with Gasteiger partial charge in [-0.05, 0) is 55.0 Å². The Labute approximate surface area is 174 Å². The summed E-state index contributed by atoms with van der Waals surface area (Å²) in [6.07, 6.45) is 1.56. The van der Waals surface area contributed by atoms with Crippen LogP contribution in [-0.4, -0.2) is 22.6 Å². The fourth-order valence-electron chi connectivity index (χ4n) is 2.93. The predicted molar refractivity (Wildman–Crippen MR) is 115 cm³/mol. The molecule has 0 atom stereocenters. The summed E-state index contributed by atoms with van der Waals surface area (Å²) < 4.78 is 6.49. The molecule has 1 N–H and O–H groups in total. The minimum Gasteiger partial charge on any atom is -0.497 e. The van der Waals surface area contributed by atoms with Crippen LogP contribution in [0.2, 0.25) is 5.02 Å². The zero-order valence-electron chi connectivity index (χ0n) is 16.3. The molecule has 0 aliphatic rings. The highest BCUT2D eigenvalue weighted by Crippen LogP contribution is 2.20. The highest BCUT2D eigenvalue weighted by molar-refractivity contribution is 6.30. The van der Waals surface area contributed by atoms with Crippen LogP contribution in [0, 0.1) is 0 Å². The number of halogens is 1. The van der Waals surface area contributed by atoms with Crippen LogP contribution in [0.4, 0.5) is 5.69 Å². The minimum atomic E-state index is -0.322. The van der Waals surface area contributed by atoms with Crippen LogP contribution >= 0.6 is 11.6 Å². The molecule has 0 aliphatic carbocycles. The van der Waals surface area contributed by atoms with Gasteiger partial charge in [-0.1, -0.05) is 24.9 Å². The normalized spacial score (nSPS) is 10.6. The molecule has 29 heavy (non-hydrogen) atoms. The van der Waals surface area contributed by atoms with Crippen LogP contribution in [0.1, 0.15) is 19.0 Å². The Bertz CT molecular complexity index is 1040. The molecular weight excluding hydrogens is 390 g/mol. The van der Waals surface area contributed by atoms with Gasteiger partial charge < -0.3 is 10.1 Å². The molecule has 0 bridgehead atoms. The lowest BCUT2D eigenvalue weighted by Gasteiger charge is -2.14. The molecule has 0 spiro atoms. The second-order valence-corrected chi connectivity index (χ2v) is 6.97. The summed E-state index contributed by atoms with van der Waals surface area (Å²) in [5, 5.41) is 3.38. The van der Waals surface area contributed by atoms with E-state index in [0.717, 1.165) is 12.0 Å². The third-order valence-electron chi connectivity index (χ3n) is 4.35. The monoisotopic (exact) mass is 411 g/mol. The average molecular weight is 412 g/mol. The summed E-state index contributed by atoms with van der Waals surface area (Å²) in [7, 11) is 1.58. The summed E-state index contributed by atoms with van der Waals surface area (Å²) in [6, 6.07) is 15.5. The Balaban J connectivity index is 1.91. The minimum absolute atomic E-state index is 0.151. The summed E-state index contributed by atoms with van der Waals surface area (Å²) in [4.78, 5) is 30.0. The molecule has 150 valence electrons. The fourth-order valence-corrected chi connectivity index (χ4v) is 3.05. The maximum absolute atomic E-state index is 12.7. The largest absolute Gasteiger partial charge is 0.497 e. The molecule has 0 unspecified atom stereocenters. The Kier molecular flexibility index (Phi) is 6.67. The Hall–Kier alpha value is -3.12.